The molecule has 4 rings (SSSR count). The second-order valence-corrected chi connectivity index (χ2v) is 8.81. The van der Waals surface area contributed by atoms with Gasteiger partial charge in [0.2, 0.25) is 11.8 Å². The van der Waals surface area contributed by atoms with Crippen LogP contribution in [0.1, 0.15) is 24.5 Å². The number of carbonyl (C=O) groups excluding carboxylic acids is 2. The van der Waals surface area contributed by atoms with E-state index < -0.39 is 0 Å². The van der Waals surface area contributed by atoms with Crippen molar-refractivity contribution in [3.63, 3.8) is 0 Å². The van der Waals surface area contributed by atoms with Gasteiger partial charge in [0.05, 0.1) is 12.1 Å². The minimum atomic E-state index is -0.0429. The van der Waals surface area contributed by atoms with Crippen LogP contribution in [0.2, 0.25) is 10.0 Å². The third kappa shape index (κ3) is 5.02. The van der Waals surface area contributed by atoms with Gasteiger partial charge in [0.1, 0.15) is 0 Å². The van der Waals surface area contributed by atoms with Crippen LogP contribution in [0.5, 0.6) is 0 Å². The summed E-state index contributed by atoms with van der Waals surface area (Å²) in [6.07, 6.45) is 0.735. The highest BCUT2D eigenvalue weighted by atomic mass is 35.5. The maximum atomic E-state index is 12.7. The normalized spacial score (nSPS) is 19.1. The van der Waals surface area contributed by atoms with E-state index in [1.807, 2.05) is 30.0 Å². The first-order valence-corrected chi connectivity index (χ1v) is 11.1. The number of hydrazone groups is 1. The van der Waals surface area contributed by atoms with E-state index in [1.165, 1.54) is 0 Å². The largest absolute Gasteiger partial charge is 0.368 e. The Balaban J connectivity index is 1.34. The third-order valence-corrected chi connectivity index (χ3v) is 6.36. The monoisotopic (exact) mass is 458 g/mol. The van der Waals surface area contributed by atoms with Crippen LogP contribution in [-0.2, 0) is 16.0 Å². The standard InChI is InChI=1S/C23H24Cl2N4O2/c1-15-12-21(30)26-27-23(15)16-3-6-19(7-4-16)28-8-10-29(11-9-28)22(31)13-17-2-5-18(24)14-20(17)25/h2-7,14-15H,8-13H2,1H3,(H,26,30)/t15-/m0/s1. The topological polar surface area (TPSA) is 65.0 Å². The molecule has 0 aromatic heterocycles. The molecule has 1 saturated heterocycles. The zero-order valence-corrected chi connectivity index (χ0v) is 18.8. The number of nitrogens with zero attached hydrogens (tertiary/aromatic N) is 3. The van der Waals surface area contributed by atoms with Gasteiger partial charge in [-0.05, 0) is 35.4 Å². The number of rotatable bonds is 4. The third-order valence-electron chi connectivity index (χ3n) is 5.78. The molecule has 0 bridgehead atoms. The number of benzene rings is 2. The predicted octanol–water partition coefficient (Wildman–Crippen LogP) is 3.74. The number of halogens is 2. The molecule has 1 N–H and O–H groups in total. The van der Waals surface area contributed by atoms with Gasteiger partial charge in [0, 0.05) is 54.3 Å². The average molecular weight is 459 g/mol. The molecule has 2 aromatic rings. The van der Waals surface area contributed by atoms with Crippen molar-refractivity contribution < 1.29 is 9.59 Å². The second kappa shape index (κ2) is 9.28. The summed E-state index contributed by atoms with van der Waals surface area (Å²) in [5.41, 5.74) is 6.40. The van der Waals surface area contributed by atoms with Gasteiger partial charge in [0.15, 0.2) is 0 Å². The molecular weight excluding hydrogens is 435 g/mol. The fourth-order valence-corrected chi connectivity index (χ4v) is 4.47. The van der Waals surface area contributed by atoms with E-state index in [9.17, 15) is 9.59 Å². The van der Waals surface area contributed by atoms with Crippen LogP contribution in [0.15, 0.2) is 47.6 Å². The lowest BCUT2D eigenvalue weighted by Crippen LogP contribution is -2.49. The lowest BCUT2D eigenvalue weighted by Gasteiger charge is -2.36. The Morgan fingerprint density at radius 1 is 1.10 bits per heavy atom. The SMILES string of the molecule is C[C@H]1CC(=O)NN=C1c1ccc(N2CCN(C(=O)Cc3ccc(Cl)cc3Cl)CC2)cc1. The van der Waals surface area contributed by atoms with Gasteiger partial charge in [-0.3, -0.25) is 9.59 Å². The summed E-state index contributed by atoms with van der Waals surface area (Å²) in [4.78, 5) is 28.3. The number of amides is 2. The predicted molar refractivity (Wildman–Crippen MR) is 124 cm³/mol. The first-order chi connectivity index (χ1) is 14.9. The maximum Gasteiger partial charge on any atom is 0.240 e. The molecule has 0 radical (unpaired) electrons. The highest BCUT2D eigenvalue weighted by Crippen LogP contribution is 2.24. The van der Waals surface area contributed by atoms with Crippen molar-refractivity contribution in [3.05, 3.63) is 63.6 Å². The summed E-state index contributed by atoms with van der Waals surface area (Å²) >= 11 is 12.1. The van der Waals surface area contributed by atoms with Crippen LogP contribution in [0.3, 0.4) is 0 Å². The summed E-state index contributed by atoms with van der Waals surface area (Å²) in [5.74, 6) is 0.132. The van der Waals surface area contributed by atoms with Gasteiger partial charge in [0.25, 0.3) is 0 Å². The molecule has 0 aliphatic carbocycles. The second-order valence-electron chi connectivity index (χ2n) is 7.96. The Labute approximate surface area is 191 Å². The fraction of sp³-hybridized carbons (Fsp3) is 0.348. The van der Waals surface area contributed by atoms with E-state index in [2.05, 4.69) is 27.6 Å². The van der Waals surface area contributed by atoms with Gasteiger partial charge in [-0.15, -0.1) is 0 Å². The van der Waals surface area contributed by atoms with E-state index in [1.54, 1.807) is 12.1 Å². The van der Waals surface area contributed by atoms with Crippen LogP contribution in [0.25, 0.3) is 0 Å². The van der Waals surface area contributed by atoms with E-state index in [0.717, 1.165) is 35.6 Å². The number of carbonyl (C=O) groups is 2. The minimum Gasteiger partial charge on any atom is -0.368 e. The first kappa shape index (κ1) is 21.7. The number of hydrogen-bond acceptors (Lipinski definition) is 4. The van der Waals surface area contributed by atoms with Crippen molar-refractivity contribution in [3.8, 4) is 0 Å². The van der Waals surface area contributed by atoms with Crippen LogP contribution in [-0.4, -0.2) is 48.6 Å². The number of hydrogen-bond donors (Lipinski definition) is 1. The van der Waals surface area contributed by atoms with Crippen molar-refractivity contribution in [2.45, 2.75) is 19.8 Å². The maximum absolute atomic E-state index is 12.7. The van der Waals surface area contributed by atoms with Gasteiger partial charge in [-0.1, -0.05) is 48.3 Å². The van der Waals surface area contributed by atoms with E-state index >= 15 is 0 Å². The average Bonchev–Trinajstić information content (AvgIpc) is 2.76. The Morgan fingerprint density at radius 3 is 2.45 bits per heavy atom. The van der Waals surface area contributed by atoms with Gasteiger partial charge in [-0.25, -0.2) is 5.43 Å². The van der Waals surface area contributed by atoms with Crippen LogP contribution >= 0.6 is 23.2 Å². The van der Waals surface area contributed by atoms with Crippen molar-refractivity contribution >= 4 is 46.4 Å². The number of nitrogens with one attached hydrogen (secondary N) is 1. The summed E-state index contributed by atoms with van der Waals surface area (Å²) < 4.78 is 0. The molecule has 8 heteroatoms. The molecule has 31 heavy (non-hydrogen) atoms. The van der Waals surface area contributed by atoms with Gasteiger partial charge >= 0.3 is 0 Å². The molecule has 2 heterocycles. The number of piperazine rings is 1. The zero-order valence-electron chi connectivity index (χ0n) is 17.3. The highest BCUT2D eigenvalue weighted by Gasteiger charge is 2.24. The Kier molecular flexibility index (Phi) is 6.49. The van der Waals surface area contributed by atoms with E-state index in [-0.39, 0.29) is 24.2 Å². The van der Waals surface area contributed by atoms with Crippen molar-refractivity contribution in [1.29, 1.82) is 0 Å². The molecule has 2 amide bonds. The molecule has 162 valence electrons. The van der Waals surface area contributed by atoms with E-state index in [0.29, 0.717) is 29.6 Å². The van der Waals surface area contributed by atoms with E-state index in [4.69, 9.17) is 23.2 Å². The molecule has 0 saturated carbocycles. The highest BCUT2D eigenvalue weighted by molar-refractivity contribution is 6.35. The zero-order chi connectivity index (χ0) is 22.0. The molecular formula is C23H24Cl2N4O2. The van der Waals surface area contributed by atoms with Crippen LogP contribution < -0.4 is 10.3 Å². The Bertz CT molecular complexity index is 1010. The Hall–Kier alpha value is -2.57. The summed E-state index contributed by atoms with van der Waals surface area (Å²) in [6, 6.07) is 13.5. The van der Waals surface area contributed by atoms with Crippen LogP contribution in [0.4, 0.5) is 5.69 Å². The van der Waals surface area contributed by atoms with Gasteiger partial charge < -0.3 is 9.80 Å². The molecule has 1 atom stereocenters. The molecule has 2 aliphatic rings. The summed E-state index contributed by atoms with van der Waals surface area (Å²) in [6.45, 7) is 4.89. The molecule has 0 spiro atoms. The smallest absolute Gasteiger partial charge is 0.240 e. The molecule has 0 unspecified atom stereocenters. The fourth-order valence-electron chi connectivity index (χ4n) is 4.00. The summed E-state index contributed by atoms with van der Waals surface area (Å²) in [5, 5.41) is 5.31. The Morgan fingerprint density at radius 2 is 1.81 bits per heavy atom. The van der Waals surface area contributed by atoms with Gasteiger partial charge in [-0.2, -0.15) is 5.10 Å². The lowest BCUT2D eigenvalue weighted by molar-refractivity contribution is -0.130. The molecule has 6 nitrogen and oxygen atoms in total. The summed E-state index contributed by atoms with van der Waals surface area (Å²) in [7, 11) is 0. The molecule has 1 fully saturated rings. The number of anilines is 1. The van der Waals surface area contributed by atoms with Crippen molar-refractivity contribution in [2.24, 2.45) is 11.0 Å². The van der Waals surface area contributed by atoms with Crippen molar-refractivity contribution in [1.82, 2.24) is 10.3 Å². The first-order valence-electron chi connectivity index (χ1n) is 10.3. The quantitative estimate of drug-likeness (QED) is 0.758. The molecule has 2 aromatic carbocycles. The molecule has 2 aliphatic heterocycles. The minimum absolute atomic E-state index is 0.0429. The lowest BCUT2D eigenvalue weighted by atomic mass is 9.94. The van der Waals surface area contributed by atoms with Crippen molar-refractivity contribution in [2.75, 3.05) is 31.1 Å². The van der Waals surface area contributed by atoms with Crippen LogP contribution in [0, 0.1) is 5.92 Å².